The Labute approximate surface area is 114 Å². The molecule has 0 aliphatic heterocycles. The maximum Gasteiger partial charge on any atom is 0.134 e. The van der Waals surface area contributed by atoms with Crippen molar-refractivity contribution in [3.05, 3.63) is 11.4 Å². The van der Waals surface area contributed by atoms with E-state index in [4.69, 9.17) is 4.74 Å². The monoisotopic (exact) mass is 268 g/mol. The van der Waals surface area contributed by atoms with Crippen LogP contribution in [0, 0.1) is 6.92 Å². The summed E-state index contributed by atoms with van der Waals surface area (Å²) in [6.07, 6.45) is 0.956. The molecule has 108 valence electrons. The molecule has 0 fully saturated rings. The molecule has 0 aromatic carbocycles. The summed E-state index contributed by atoms with van der Waals surface area (Å²) in [4.78, 5) is 8.88. The summed E-state index contributed by atoms with van der Waals surface area (Å²) in [7, 11) is 3.43. The Morgan fingerprint density at radius 1 is 1.32 bits per heavy atom. The predicted octanol–water partition coefficient (Wildman–Crippen LogP) is 1.20. The highest BCUT2D eigenvalue weighted by atomic mass is 16.5. The van der Waals surface area contributed by atoms with Crippen LogP contribution in [0.5, 0.6) is 0 Å². The van der Waals surface area contributed by atoms with E-state index in [-0.39, 0.29) is 0 Å². The van der Waals surface area contributed by atoms with Gasteiger partial charge in [-0.3, -0.25) is 0 Å². The Bertz CT molecular complexity index is 398. The molecular formula is C13H24N4O2. The van der Waals surface area contributed by atoms with Crippen molar-refractivity contribution in [3.8, 4) is 0 Å². The Hall–Kier alpha value is -1.40. The summed E-state index contributed by atoms with van der Waals surface area (Å²) in [6.45, 7) is 5.00. The zero-order valence-electron chi connectivity index (χ0n) is 12.2. The van der Waals surface area contributed by atoms with E-state index in [0.29, 0.717) is 19.6 Å². The molecule has 0 aliphatic carbocycles. The van der Waals surface area contributed by atoms with E-state index in [2.05, 4.69) is 20.6 Å². The van der Waals surface area contributed by atoms with Gasteiger partial charge in [-0.25, -0.2) is 9.97 Å². The van der Waals surface area contributed by atoms with E-state index in [1.54, 1.807) is 7.11 Å². The smallest absolute Gasteiger partial charge is 0.134 e. The Morgan fingerprint density at radius 3 is 2.58 bits per heavy atom. The lowest BCUT2D eigenvalue weighted by atomic mass is 10.2. The maximum absolute atomic E-state index is 9.59. The minimum atomic E-state index is -0.450. The molecule has 0 bridgehead atoms. The van der Waals surface area contributed by atoms with Crippen LogP contribution in [-0.4, -0.2) is 48.5 Å². The van der Waals surface area contributed by atoms with Crippen LogP contribution >= 0.6 is 0 Å². The van der Waals surface area contributed by atoms with Crippen molar-refractivity contribution >= 4 is 11.6 Å². The number of aliphatic hydroxyl groups excluding tert-OH is 1. The zero-order valence-corrected chi connectivity index (χ0v) is 12.2. The van der Waals surface area contributed by atoms with Crippen LogP contribution in [-0.2, 0) is 11.2 Å². The van der Waals surface area contributed by atoms with Crippen molar-refractivity contribution in [3.63, 3.8) is 0 Å². The number of ether oxygens (including phenoxy) is 1. The van der Waals surface area contributed by atoms with Crippen molar-refractivity contribution in [2.45, 2.75) is 32.8 Å². The molecule has 0 saturated carbocycles. The molecule has 1 unspecified atom stereocenters. The Balaban J connectivity index is 2.66. The molecule has 1 atom stereocenters. The maximum atomic E-state index is 9.59. The van der Waals surface area contributed by atoms with E-state index >= 15 is 0 Å². The van der Waals surface area contributed by atoms with Crippen molar-refractivity contribution in [2.75, 3.05) is 37.9 Å². The Morgan fingerprint density at radius 2 is 2.00 bits per heavy atom. The molecule has 0 amide bonds. The third-order valence-corrected chi connectivity index (χ3v) is 2.87. The van der Waals surface area contributed by atoms with Gasteiger partial charge in [0.05, 0.1) is 12.7 Å². The number of nitrogens with one attached hydrogen (secondary N) is 2. The van der Waals surface area contributed by atoms with Crippen LogP contribution in [0.2, 0.25) is 0 Å². The van der Waals surface area contributed by atoms with Gasteiger partial charge in [0.2, 0.25) is 0 Å². The topological polar surface area (TPSA) is 79.3 Å². The highest BCUT2D eigenvalue weighted by Crippen LogP contribution is 2.19. The van der Waals surface area contributed by atoms with Crippen LogP contribution in [0.25, 0.3) is 0 Å². The average Bonchev–Trinajstić information content (AvgIpc) is 2.41. The van der Waals surface area contributed by atoms with Crippen LogP contribution < -0.4 is 10.6 Å². The van der Waals surface area contributed by atoms with E-state index in [0.717, 1.165) is 29.4 Å². The van der Waals surface area contributed by atoms with Gasteiger partial charge >= 0.3 is 0 Å². The number of hydrogen-bond donors (Lipinski definition) is 3. The fourth-order valence-electron chi connectivity index (χ4n) is 1.77. The number of aromatic nitrogens is 2. The molecule has 0 spiro atoms. The van der Waals surface area contributed by atoms with Gasteiger partial charge in [-0.05, 0) is 13.3 Å². The minimum Gasteiger partial charge on any atom is -0.391 e. The first-order chi connectivity index (χ1) is 9.12. The van der Waals surface area contributed by atoms with Crippen molar-refractivity contribution in [2.24, 2.45) is 0 Å². The number of aliphatic hydroxyl groups is 1. The second kappa shape index (κ2) is 7.91. The van der Waals surface area contributed by atoms with Crippen molar-refractivity contribution in [1.82, 2.24) is 9.97 Å². The number of methoxy groups -OCH3 is 1. The molecule has 1 rings (SSSR count). The van der Waals surface area contributed by atoms with Gasteiger partial charge in [0.1, 0.15) is 17.5 Å². The summed E-state index contributed by atoms with van der Waals surface area (Å²) in [5, 5.41) is 15.9. The number of hydrogen-bond acceptors (Lipinski definition) is 6. The quantitative estimate of drug-likeness (QED) is 0.657. The van der Waals surface area contributed by atoms with E-state index in [9.17, 15) is 5.11 Å². The molecule has 1 aromatic heterocycles. The largest absolute Gasteiger partial charge is 0.391 e. The van der Waals surface area contributed by atoms with Crippen molar-refractivity contribution < 1.29 is 9.84 Å². The first-order valence-corrected chi connectivity index (χ1v) is 6.58. The fourth-order valence-corrected chi connectivity index (χ4v) is 1.77. The first-order valence-electron chi connectivity index (χ1n) is 6.58. The average molecular weight is 268 g/mol. The van der Waals surface area contributed by atoms with Gasteiger partial charge < -0.3 is 20.5 Å². The standard InChI is InChI=1S/C13H24N4O2/c1-5-11-16-12(14-3)9(2)13(17-11)15-7-6-10(18)8-19-4/h10,18H,5-8H2,1-4H3,(H2,14,15,16,17). The number of nitrogens with zero attached hydrogens (tertiary/aromatic N) is 2. The summed E-state index contributed by atoms with van der Waals surface area (Å²) in [5.74, 6) is 2.46. The zero-order chi connectivity index (χ0) is 14.3. The molecule has 0 radical (unpaired) electrons. The molecule has 6 heteroatoms. The van der Waals surface area contributed by atoms with E-state index < -0.39 is 6.10 Å². The molecular weight excluding hydrogens is 244 g/mol. The van der Waals surface area contributed by atoms with E-state index in [1.807, 2.05) is 20.9 Å². The lowest BCUT2D eigenvalue weighted by molar-refractivity contribution is 0.0615. The molecule has 1 heterocycles. The third-order valence-electron chi connectivity index (χ3n) is 2.87. The van der Waals surface area contributed by atoms with Crippen LogP contribution in [0.1, 0.15) is 24.7 Å². The molecule has 1 aromatic rings. The first kappa shape index (κ1) is 15.7. The summed E-state index contributed by atoms with van der Waals surface area (Å²) in [6, 6.07) is 0. The second-order valence-electron chi connectivity index (χ2n) is 4.39. The van der Waals surface area contributed by atoms with Crippen LogP contribution in [0.15, 0.2) is 0 Å². The number of aryl methyl sites for hydroxylation is 1. The normalized spacial score (nSPS) is 12.3. The van der Waals surface area contributed by atoms with Crippen LogP contribution in [0.4, 0.5) is 11.6 Å². The lowest BCUT2D eigenvalue weighted by Crippen LogP contribution is -2.19. The van der Waals surface area contributed by atoms with Gasteiger partial charge in [0.25, 0.3) is 0 Å². The van der Waals surface area contributed by atoms with Gasteiger partial charge in [-0.15, -0.1) is 0 Å². The fraction of sp³-hybridized carbons (Fsp3) is 0.692. The molecule has 0 aliphatic rings. The molecule has 0 saturated heterocycles. The molecule has 6 nitrogen and oxygen atoms in total. The third kappa shape index (κ3) is 4.65. The lowest BCUT2D eigenvalue weighted by Gasteiger charge is -2.14. The van der Waals surface area contributed by atoms with Gasteiger partial charge in [0.15, 0.2) is 0 Å². The highest BCUT2D eigenvalue weighted by Gasteiger charge is 2.09. The van der Waals surface area contributed by atoms with Crippen LogP contribution in [0.3, 0.4) is 0 Å². The summed E-state index contributed by atoms with van der Waals surface area (Å²) >= 11 is 0. The second-order valence-corrected chi connectivity index (χ2v) is 4.39. The minimum absolute atomic E-state index is 0.354. The van der Waals surface area contributed by atoms with Gasteiger partial charge in [-0.1, -0.05) is 6.92 Å². The summed E-state index contributed by atoms with van der Waals surface area (Å²) < 4.78 is 4.89. The number of anilines is 2. The number of rotatable bonds is 8. The SMILES string of the molecule is CCc1nc(NC)c(C)c(NCCC(O)COC)n1. The Kier molecular flexibility index (Phi) is 6.52. The van der Waals surface area contributed by atoms with Gasteiger partial charge in [0, 0.05) is 32.7 Å². The molecule has 19 heavy (non-hydrogen) atoms. The van der Waals surface area contributed by atoms with E-state index in [1.165, 1.54) is 0 Å². The molecule has 3 N–H and O–H groups in total. The van der Waals surface area contributed by atoms with Gasteiger partial charge in [-0.2, -0.15) is 0 Å². The predicted molar refractivity (Wildman–Crippen MR) is 76.7 cm³/mol. The van der Waals surface area contributed by atoms with Crippen molar-refractivity contribution in [1.29, 1.82) is 0 Å². The summed E-state index contributed by atoms with van der Waals surface area (Å²) in [5.41, 5.74) is 0.987. The highest BCUT2D eigenvalue weighted by molar-refractivity contribution is 5.56.